The molecule has 0 saturated carbocycles. The van der Waals surface area contributed by atoms with Crippen molar-refractivity contribution in [3.8, 4) is 5.88 Å². The van der Waals surface area contributed by atoms with Crippen molar-refractivity contribution in [3.05, 3.63) is 52.7 Å². The number of pyridine rings is 3. The smallest absolute Gasteiger partial charge is 0.235 e. The lowest BCUT2D eigenvalue weighted by molar-refractivity contribution is -0.113. The van der Waals surface area contributed by atoms with E-state index in [-0.39, 0.29) is 12.0 Å². The number of ether oxygens (including phenoxy) is 2. The van der Waals surface area contributed by atoms with Crippen LogP contribution in [0, 0.1) is 4.91 Å². The van der Waals surface area contributed by atoms with E-state index in [4.69, 9.17) is 9.47 Å². The lowest BCUT2D eigenvalue weighted by Crippen LogP contribution is -2.47. The van der Waals surface area contributed by atoms with E-state index in [0.29, 0.717) is 67.8 Å². The van der Waals surface area contributed by atoms with Crippen LogP contribution < -0.4 is 15.4 Å². The van der Waals surface area contributed by atoms with Gasteiger partial charge in [-0.25, -0.2) is 9.97 Å². The van der Waals surface area contributed by atoms with Gasteiger partial charge in [0.05, 0.1) is 47.2 Å². The van der Waals surface area contributed by atoms with E-state index in [0.717, 1.165) is 16.2 Å². The number of nitroso groups, excluding NO2 is 1. The highest BCUT2D eigenvalue weighted by atomic mass is 32.2. The van der Waals surface area contributed by atoms with Crippen LogP contribution in [0.3, 0.4) is 0 Å². The summed E-state index contributed by atoms with van der Waals surface area (Å²) in [6.07, 6.45) is 1.64. The predicted molar refractivity (Wildman–Crippen MR) is 136 cm³/mol. The average molecular weight is 510 g/mol. The van der Waals surface area contributed by atoms with E-state index in [1.807, 2.05) is 18.2 Å². The SMILES string of the molecule is COc1ccc2nccc(C(CN3CCOC(CNCc4ccc5c(n4)NC(=O)CS5)C3)N=O)c2n1. The van der Waals surface area contributed by atoms with Crippen molar-refractivity contribution in [1.82, 2.24) is 25.2 Å². The third-order valence-electron chi connectivity index (χ3n) is 6.15. The first-order valence-corrected chi connectivity index (χ1v) is 12.7. The van der Waals surface area contributed by atoms with Gasteiger partial charge in [-0.3, -0.25) is 14.7 Å². The molecule has 2 aliphatic heterocycles. The standard InChI is InChI=1S/C24H27N7O4S/c1-34-22-5-3-18-23(29-22)17(6-7-26-18)19(30-33)13-31-8-9-35-16(12-31)11-25-10-15-2-4-20-24(27-15)28-21(32)14-36-20/h2-7,16,19,25H,8-14H2,1H3,(H,27,28,32). The topological polar surface area (TPSA) is 131 Å². The fraction of sp³-hybridized carbons (Fsp3) is 0.417. The second-order valence-corrected chi connectivity index (χ2v) is 9.63. The third kappa shape index (κ3) is 5.62. The van der Waals surface area contributed by atoms with Gasteiger partial charge in [-0.05, 0) is 24.3 Å². The Hall–Kier alpha value is -3.19. The molecular weight excluding hydrogens is 482 g/mol. The number of fused-ring (bicyclic) bond motifs is 2. The van der Waals surface area contributed by atoms with Crippen LogP contribution >= 0.6 is 11.8 Å². The number of aromatic nitrogens is 3. The van der Waals surface area contributed by atoms with Crippen molar-refractivity contribution in [2.45, 2.75) is 23.6 Å². The van der Waals surface area contributed by atoms with Crippen molar-refractivity contribution in [1.29, 1.82) is 0 Å². The summed E-state index contributed by atoms with van der Waals surface area (Å²) in [6.45, 7) is 3.61. The number of hydrogen-bond acceptors (Lipinski definition) is 11. The molecule has 2 aliphatic rings. The highest BCUT2D eigenvalue weighted by Crippen LogP contribution is 2.30. The summed E-state index contributed by atoms with van der Waals surface area (Å²) < 4.78 is 11.2. The molecule has 188 valence electrons. The normalized spacial score (nSPS) is 18.9. The molecule has 36 heavy (non-hydrogen) atoms. The molecule has 1 amide bonds. The number of anilines is 1. The Morgan fingerprint density at radius 2 is 2.22 bits per heavy atom. The van der Waals surface area contributed by atoms with E-state index in [2.05, 4.69) is 35.7 Å². The van der Waals surface area contributed by atoms with Crippen molar-refractivity contribution >= 4 is 34.5 Å². The minimum absolute atomic E-state index is 0.0291. The van der Waals surface area contributed by atoms with Gasteiger partial charge in [-0.2, -0.15) is 4.91 Å². The zero-order valence-electron chi connectivity index (χ0n) is 19.8. The molecule has 3 aromatic heterocycles. The molecule has 11 nitrogen and oxygen atoms in total. The van der Waals surface area contributed by atoms with Crippen LogP contribution in [0.2, 0.25) is 0 Å². The lowest BCUT2D eigenvalue weighted by atomic mass is 10.1. The largest absolute Gasteiger partial charge is 0.481 e. The Bertz CT molecular complexity index is 1260. The van der Waals surface area contributed by atoms with Gasteiger partial charge in [0.1, 0.15) is 11.9 Å². The van der Waals surface area contributed by atoms with Crippen LogP contribution in [-0.4, -0.2) is 77.5 Å². The summed E-state index contributed by atoms with van der Waals surface area (Å²) in [7, 11) is 1.56. The summed E-state index contributed by atoms with van der Waals surface area (Å²) in [5.41, 5.74) is 2.90. The first kappa shape index (κ1) is 24.5. The predicted octanol–water partition coefficient (Wildman–Crippen LogP) is 2.38. The Kier molecular flexibility index (Phi) is 7.66. The van der Waals surface area contributed by atoms with Crippen LogP contribution in [0.1, 0.15) is 17.3 Å². The molecule has 0 bridgehead atoms. The Balaban J connectivity index is 1.18. The minimum Gasteiger partial charge on any atom is -0.481 e. The van der Waals surface area contributed by atoms with Crippen LogP contribution in [-0.2, 0) is 16.1 Å². The van der Waals surface area contributed by atoms with E-state index in [1.165, 1.54) is 11.8 Å². The van der Waals surface area contributed by atoms with Gasteiger partial charge >= 0.3 is 0 Å². The zero-order valence-corrected chi connectivity index (χ0v) is 20.7. The molecule has 5 rings (SSSR count). The van der Waals surface area contributed by atoms with E-state index >= 15 is 0 Å². The maximum atomic E-state index is 11.9. The van der Waals surface area contributed by atoms with E-state index < -0.39 is 6.04 Å². The summed E-state index contributed by atoms with van der Waals surface area (Å²) in [5, 5.41) is 9.64. The highest BCUT2D eigenvalue weighted by Gasteiger charge is 2.26. The first-order valence-electron chi connectivity index (χ1n) is 11.7. The number of nitrogens with one attached hydrogen (secondary N) is 2. The van der Waals surface area contributed by atoms with Crippen molar-refractivity contribution < 1.29 is 14.3 Å². The van der Waals surface area contributed by atoms with Crippen LogP contribution in [0.15, 0.2) is 46.6 Å². The summed E-state index contributed by atoms with van der Waals surface area (Å²) >= 11 is 1.50. The maximum Gasteiger partial charge on any atom is 0.235 e. The van der Waals surface area contributed by atoms with Crippen LogP contribution in [0.5, 0.6) is 5.88 Å². The highest BCUT2D eigenvalue weighted by molar-refractivity contribution is 8.00. The van der Waals surface area contributed by atoms with Gasteiger partial charge in [0.2, 0.25) is 11.8 Å². The average Bonchev–Trinajstić information content (AvgIpc) is 2.91. The van der Waals surface area contributed by atoms with Gasteiger partial charge in [-0.1, -0.05) is 5.18 Å². The number of rotatable bonds is 9. The molecule has 2 N–H and O–H groups in total. The molecule has 0 radical (unpaired) electrons. The van der Waals surface area contributed by atoms with E-state index in [9.17, 15) is 9.70 Å². The van der Waals surface area contributed by atoms with Crippen LogP contribution in [0.4, 0.5) is 5.82 Å². The number of thioether (sulfide) groups is 1. The quantitative estimate of drug-likeness (QED) is 0.415. The fourth-order valence-corrected chi connectivity index (χ4v) is 5.13. The first-order chi connectivity index (χ1) is 17.6. The molecule has 2 unspecified atom stereocenters. The lowest BCUT2D eigenvalue weighted by Gasteiger charge is -2.34. The van der Waals surface area contributed by atoms with Crippen LogP contribution in [0.25, 0.3) is 11.0 Å². The molecule has 5 heterocycles. The molecule has 3 aromatic rings. The molecular formula is C24H27N7O4S. The monoisotopic (exact) mass is 509 g/mol. The molecule has 1 fully saturated rings. The summed E-state index contributed by atoms with van der Waals surface area (Å²) in [5.74, 6) is 1.48. The number of carbonyl (C=O) groups excluding carboxylic acids is 1. The van der Waals surface area contributed by atoms with Gasteiger partial charge in [-0.15, -0.1) is 11.8 Å². The minimum atomic E-state index is -0.588. The fourth-order valence-electron chi connectivity index (χ4n) is 4.38. The van der Waals surface area contributed by atoms with Gasteiger partial charge in [0.15, 0.2) is 0 Å². The zero-order chi connectivity index (χ0) is 24.9. The number of nitrogens with zero attached hydrogens (tertiary/aromatic N) is 5. The Morgan fingerprint density at radius 3 is 3.08 bits per heavy atom. The summed E-state index contributed by atoms with van der Waals surface area (Å²) in [6, 6.07) is 8.74. The number of morpholine rings is 1. The molecule has 0 aliphatic carbocycles. The van der Waals surface area contributed by atoms with Crippen molar-refractivity contribution in [3.63, 3.8) is 0 Å². The number of hydrogen-bond donors (Lipinski definition) is 2. The molecule has 0 aromatic carbocycles. The number of amides is 1. The van der Waals surface area contributed by atoms with Gasteiger partial charge < -0.3 is 20.1 Å². The molecule has 0 spiro atoms. The van der Waals surface area contributed by atoms with Gasteiger partial charge in [0.25, 0.3) is 0 Å². The Labute approximate surface area is 212 Å². The number of methoxy groups -OCH3 is 1. The molecule has 12 heteroatoms. The maximum absolute atomic E-state index is 11.9. The Morgan fingerprint density at radius 1 is 1.31 bits per heavy atom. The second kappa shape index (κ2) is 11.2. The number of carbonyl (C=O) groups is 1. The van der Waals surface area contributed by atoms with Crippen molar-refractivity contribution in [2.24, 2.45) is 5.18 Å². The third-order valence-corrected chi connectivity index (χ3v) is 7.20. The summed E-state index contributed by atoms with van der Waals surface area (Å²) in [4.78, 5) is 40.1. The second-order valence-electron chi connectivity index (χ2n) is 8.61. The van der Waals surface area contributed by atoms with Gasteiger partial charge in [0, 0.05) is 50.6 Å². The van der Waals surface area contributed by atoms with E-state index in [1.54, 1.807) is 25.4 Å². The van der Waals surface area contributed by atoms with Crippen molar-refractivity contribution in [2.75, 3.05) is 51.0 Å². The molecule has 1 saturated heterocycles. The molecule has 2 atom stereocenters.